The second kappa shape index (κ2) is 14.1. The Bertz CT molecular complexity index is 3180. The minimum absolute atomic E-state index is 0.225. The summed E-state index contributed by atoms with van der Waals surface area (Å²) in [5, 5.41) is 21.2. The summed E-state index contributed by atoms with van der Waals surface area (Å²) in [5.74, 6) is 0.225. The Morgan fingerprint density at radius 3 is 1.84 bits per heavy atom. The lowest BCUT2D eigenvalue weighted by molar-refractivity contribution is 1.41. The predicted molar refractivity (Wildman–Crippen MR) is 240 cm³/mol. The van der Waals surface area contributed by atoms with Gasteiger partial charge in [0.2, 0.25) is 0 Å². The first-order valence-corrected chi connectivity index (χ1v) is 19.0. The van der Waals surface area contributed by atoms with Gasteiger partial charge in [0.25, 0.3) is 0 Å². The zero-order valence-electron chi connectivity index (χ0n) is 30.7. The molecule has 0 heterocycles. The number of aliphatic imine (C=N–C) groups is 1. The maximum absolute atomic E-state index is 8.88. The molecule has 0 aliphatic carbocycles. The molecule has 2 nitrogen and oxygen atoms in total. The second-order valence-corrected chi connectivity index (χ2v) is 14.3. The van der Waals surface area contributed by atoms with Crippen LogP contribution in [0.5, 0.6) is 0 Å². The molecule has 10 rings (SSSR count). The summed E-state index contributed by atoms with van der Waals surface area (Å²) >= 11 is 0. The van der Waals surface area contributed by atoms with Crippen molar-refractivity contribution >= 4 is 71.5 Å². The van der Waals surface area contributed by atoms with Crippen molar-refractivity contribution in [2.75, 3.05) is 0 Å². The molecule has 2 heteroatoms. The van der Waals surface area contributed by atoms with Gasteiger partial charge in [0.15, 0.2) is 5.84 Å². The van der Waals surface area contributed by atoms with Crippen LogP contribution in [-0.4, -0.2) is 11.5 Å². The van der Waals surface area contributed by atoms with Gasteiger partial charge in [0.1, 0.15) is 0 Å². The van der Waals surface area contributed by atoms with Crippen molar-refractivity contribution in [1.82, 2.24) is 0 Å². The summed E-state index contributed by atoms with van der Waals surface area (Å²) in [6.07, 6.45) is 4.14. The number of fused-ring (bicyclic) bond motifs is 6. The Balaban J connectivity index is 1.02. The second-order valence-electron chi connectivity index (χ2n) is 14.3. The van der Waals surface area contributed by atoms with Crippen molar-refractivity contribution in [3.8, 4) is 22.3 Å². The van der Waals surface area contributed by atoms with Gasteiger partial charge in [-0.1, -0.05) is 188 Å². The number of rotatable bonds is 6. The summed E-state index contributed by atoms with van der Waals surface area (Å²) in [5.41, 5.74) is 8.34. The van der Waals surface area contributed by atoms with E-state index in [4.69, 9.17) is 10.4 Å². The molecular formula is C54H36N2. The van der Waals surface area contributed by atoms with E-state index in [2.05, 4.69) is 176 Å². The van der Waals surface area contributed by atoms with E-state index in [0.717, 1.165) is 28.0 Å². The zero-order chi connectivity index (χ0) is 37.4. The van der Waals surface area contributed by atoms with Gasteiger partial charge in [0, 0.05) is 11.1 Å². The largest absolute Gasteiger partial charge is 0.282 e. The van der Waals surface area contributed by atoms with Crippen molar-refractivity contribution in [3.63, 3.8) is 0 Å². The fourth-order valence-corrected chi connectivity index (χ4v) is 8.11. The molecule has 0 spiro atoms. The van der Waals surface area contributed by atoms with E-state index >= 15 is 0 Å². The molecule has 0 saturated carbocycles. The number of nitrogens with one attached hydrogen (secondary N) is 1. The SMILES string of the molecule is N=C(N=C(/C=C/c1ccc2cc(-c3c4ccccc4cc4c3ccc3ccccc34)ccc2c1)c1ccc(-c2cccc3ccccc23)cc1)c1ccccc1. The summed E-state index contributed by atoms with van der Waals surface area (Å²) in [7, 11) is 0. The van der Waals surface area contributed by atoms with Gasteiger partial charge in [-0.25, -0.2) is 4.99 Å². The first-order valence-electron chi connectivity index (χ1n) is 19.0. The Labute approximate surface area is 325 Å². The number of amidine groups is 1. The number of hydrogen-bond acceptors (Lipinski definition) is 1. The van der Waals surface area contributed by atoms with Crippen LogP contribution in [0.3, 0.4) is 0 Å². The molecule has 10 aromatic rings. The molecule has 1 N–H and O–H groups in total. The molecule has 0 aliphatic rings. The molecule has 0 saturated heterocycles. The monoisotopic (exact) mass is 712 g/mol. The van der Waals surface area contributed by atoms with Crippen LogP contribution >= 0.6 is 0 Å². The van der Waals surface area contributed by atoms with Crippen molar-refractivity contribution in [1.29, 1.82) is 5.41 Å². The quantitative estimate of drug-likeness (QED) is 0.0771. The molecule has 262 valence electrons. The van der Waals surface area contributed by atoms with E-state index in [1.54, 1.807) is 0 Å². The van der Waals surface area contributed by atoms with Gasteiger partial charge in [-0.2, -0.15) is 0 Å². The number of benzene rings is 10. The lowest BCUT2D eigenvalue weighted by Crippen LogP contribution is -2.03. The zero-order valence-corrected chi connectivity index (χ0v) is 30.7. The first kappa shape index (κ1) is 33.2. The van der Waals surface area contributed by atoms with Crippen molar-refractivity contribution < 1.29 is 0 Å². The van der Waals surface area contributed by atoms with Crippen LogP contribution in [0.1, 0.15) is 16.7 Å². The molecular weight excluding hydrogens is 677 g/mol. The van der Waals surface area contributed by atoms with Crippen LogP contribution < -0.4 is 0 Å². The molecule has 0 bridgehead atoms. The molecule has 56 heavy (non-hydrogen) atoms. The van der Waals surface area contributed by atoms with E-state index in [9.17, 15) is 0 Å². The van der Waals surface area contributed by atoms with Crippen molar-refractivity contribution in [2.45, 2.75) is 0 Å². The third-order valence-electron chi connectivity index (χ3n) is 10.9. The van der Waals surface area contributed by atoms with E-state index in [0.29, 0.717) is 0 Å². The van der Waals surface area contributed by atoms with E-state index in [1.165, 1.54) is 70.6 Å². The predicted octanol–water partition coefficient (Wildman–Crippen LogP) is 14.3. The molecule has 10 aromatic carbocycles. The van der Waals surface area contributed by atoms with Gasteiger partial charge in [-0.15, -0.1) is 0 Å². The highest BCUT2D eigenvalue weighted by molar-refractivity contribution is 6.21. The number of allylic oxidation sites excluding steroid dienone is 1. The van der Waals surface area contributed by atoms with Gasteiger partial charge in [-0.3, -0.25) is 5.41 Å². The molecule has 0 atom stereocenters. The smallest absolute Gasteiger partial charge is 0.152 e. The molecule has 0 aromatic heterocycles. The van der Waals surface area contributed by atoms with Crippen LogP contribution in [0.2, 0.25) is 0 Å². The highest BCUT2D eigenvalue weighted by atomic mass is 14.8. The summed E-state index contributed by atoms with van der Waals surface area (Å²) < 4.78 is 0. The van der Waals surface area contributed by atoms with E-state index in [1.807, 2.05) is 36.4 Å². The Morgan fingerprint density at radius 1 is 0.393 bits per heavy atom. The lowest BCUT2D eigenvalue weighted by atomic mass is 9.89. The first-order chi connectivity index (χ1) is 27.7. The van der Waals surface area contributed by atoms with E-state index < -0.39 is 0 Å². The molecule has 0 amide bonds. The van der Waals surface area contributed by atoms with Crippen LogP contribution in [-0.2, 0) is 0 Å². The van der Waals surface area contributed by atoms with Gasteiger partial charge >= 0.3 is 0 Å². The molecule has 0 unspecified atom stereocenters. The molecule has 0 aliphatic heterocycles. The maximum atomic E-state index is 8.88. The average molecular weight is 713 g/mol. The van der Waals surface area contributed by atoms with Gasteiger partial charge in [0.05, 0.1) is 5.71 Å². The van der Waals surface area contributed by atoms with Crippen LogP contribution in [0.4, 0.5) is 0 Å². The van der Waals surface area contributed by atoms with Crippen LogP contribution in [0, 0.1) is 5.41 Å². The summed E-state index contributed by atoms with van der Waals surface area (Å²) in [4.78, 5) is 4.87. The standard InChI is InChI=1S/C54H36N2/c55-54(41-13-2-1-3-14-41)56-52(40-26-24-39(25-27-40)47-20-10-16-37-11-4-7-17-46(37)47)32-22-36-21-23-43-34-45(29-28-42(43)33-36)53-49-19-9-6-15-44(49)35-51-48-18-8-5-12-38(48)30-31-50(51)53/h1-35,55H/b32-22+,55-54?,56-52?. The number of hydrogen-bond donors (Lipinski definition) is 1. The minimum Gasteiger partial charge on any atom is -0.282 e. The molecule has 0 fully saturated rings. The van der Waals surface area contributed by atoms with Crippen molar-refractivity contribution in [2.24, 2.45) is 4.99 Å². The highest BCUT2D eigenvalue weighted by Gasteiger charge is 2.13. The van der Waals surface area contributed by atoms with E-state index in [-0.39, 0.29) is 5.84 Å². The van der Waals surface area contributed by atoms with Gasteiger partial charge < -0.3 is 0 Å². The normalized spacial score (nSPS) is 12.0. The average Bonchev–Trinajstić information content (AvgIpc) is 3.27. The topological polar surface area (TPSA) is 36.2 Å². The third kappa shape index (κ3) is 6.14. The molecule has 0 radical (unpaired) electrons. The Morgan fingerprint density at radius 2 is 1.02 bits per heavy atom. The van der Waals surface area contributed by atoms with Crippen LogP contribution in [0.15, 0.2) is 211 Å². The lowest BCUT2D eigenvalue weighted by Gasteiger charge is -2.15. The fourth-order valence-electron chi connectivity index (χ4n) is 8.11. The third-order valence-corrected chi connectivity index (χ3v) is 10.9. The highest BCUT2D eigenvalue weighted by Crippen LogP contribution is 2.40. The van der Waals surface area contributed by atoms with Gasteiger partial charge in [-0.05, 0) is 106 Å². The van der Waals surface area contributed by atoms with Crippen molar-refractivity contribution in [3.05, 3.63) is 223 Å². The van der Waals surface area contributed by atoms with Crippen LogP contribution in [0.25, 0.3) is 82.2 Å². The Hall–Kier alpha value is -7.42. The maximum Gasteiger partial charge on any atom is 0.152 e. The fraction of sp³-hybridized carbons (Fsp3) is 0. The summed E-state index contributed by atoms with van der Waals surface area (Å²) in [6, 6.07) is 70.8. The summed E-state index contributed by atoms with van der Waals surface area (Å²) in [6.45, 7) is 0. The minimum atomic E-state index is 0.225. The number of nitrogens with zero attached hydrogens (tertiary/aromatic N) is 1. The Kier molecular flexibility index (Phi) is 8.35.